The number of β-amino-alcohol motifs (C(OH)–C–C–N with tert-alkyl or cyclic N) is 1. The van der Waals surface area contributed by atoms with E-state index in [0.717, 1.165) is 24.0 Å². The van der Waals surface area contributed by atoms with E-state index in [9.17, 15) is 15.0 Å². The summed E-state index contributed by atoms with van der Waals surface area (Å²) in [5.74, 6) is -0.0698. The number of aliphatic hydroxyl groups is 2. The van der Waals surface area contributed by atoms with Gasteiger partial charge in [0.25, 0.3) is 0 Å². The molecule has 1 fully saturated rings. The van der Waals surface area contributed by atoms with E-state index in [4.69, 9.17) is 4.74 Å². The van der Waals surface area contributed by atoms with Crippen molar-refractivity contribution in [3.05, 3.63) is 107 Å². The maximum atomic E-state index is 13.3. The van der Waals surface area contributed by atoms with Crippen molar-refractivity contribution in [1.29, 1.82) is 0 Å². The first kappa shape index (κ1) is 27.2. The number of Topliss-reactive ketones (excluding diaryl/α,β-unsaturated/α-hetero) is 1. The summed E-state index contributed by atoms with van der Waals surface area (Å²) < 4.78 is 6.10. The van der Waals surface area contributed by atoms with Crippen molar-refractivity contribution >= 4 is 5.78 Å². The third-order valence-corrected chi connectivity index (χ3v) is 7.26. The van der Waals surface area contributed by atoms with Crippen molar-refractivity contribution in [2.24, 2.45) is 0 Å². The molecular weight excluding hydrogens is 462 g/mol. The molecule has 0 radical (unpaired) electrons. The molecule has 1 heterocycles. The van der Waals surface area contributed by atoms with Crippen LogP contribution in [-0.2, 0) is 23.2 Å². The highest BCUT2D eigenvalue weighted by atomic mass is 16.5. The van der Waals surface area contributed by atoms with Gasteiger partial charge >= 0.3 is 0 Å². The van der Waals surface area contributed by atoms with Crippen LogP contribution in [0, 0.1) is 0 Å². The Balaban J connectivity index is 1.35. The zero-order valence-electron chi connectivity index (χ0n) is 21.8. The first-order valence-corrected chi connectivity index (χ1v) is 13.4. The molecule has 0 saturated carbocycles. The molecule has 5 nitrogen and oxygen atoms in total. The van der Waals surface area contributed by atoms with Gasteiger partial charge in [0.05, 0.1) is 18.3 Å². The number of aliphatic hydroxyl groups excluding tert-OH is 1. The van der Waals surface area contributed by atoms with Crippen molar-refractivity contribution in [1.82, 2.24) is 4.90 Å². The Kier molecular flexibility index (Phi) is 9.64. The number of ketones is 1. The first-order chi connectivity index (χ1) is 18.0. The Morgan fingerprint density at radius 1 is 0.946 bits per heavy atom. The molecule has 1 aliphatic rings. The second-order valence-corrected chi connectivity index (χ2v) is 10.2. The van der Waals surface area contributed by atoms with E-state index in [0.29, 0.717) is 44.5 Å². The Bertz CT molecular complexity index is 1110. The smallest absolute Gasteiger partial charge is 0.191 e. The lowest BCUT2D eigenvalue weighted by molar-refractivity contribution is -0.0483. The molecule has 4 rings (SSSR count). The molecule has 0 aliphatic carbocycles. The number of benzene rings is 3. The number of carbonyl (C=O) groups is 1. The van der Waals surface area contributed by atoms with E-state index in [1.165, 1.54) is 5.56 Å². The lowest BCUT2D eigenvalue weighted by atomic mass is 9.84. The van der Waals surface area contributed by atoms with Gasteiger partial charge in [0, 0.05) is 31.6 Å². The van der Waals surface area contributed by atoms with Gasteiger partial charge in [-0.05, 0) is 36.0 Å². The van der Waals surface area contributed by atoms with Crippen molar-refractivity contribution in [3.63, 3.8) is 0 Å². The van der Waals surface area contributed by atoms with E-state index in [2.05, 4.69) is 24.0 Å². The minimum absolute atomic E-state index is 0.0698. The van der Waals surface area contributed by atoms with Crippen LogP contribution in [0.25, 0.3) is 0 Å². The van der Waals surface area contributed by atoms with Crippen LogP contribution >= 0.6 is 0 Å². The van der Waals surface area contributed by atoms with Crippen LogP contribution in [0.3, 0.4) is 0 Å². The number of nitrogens with zero attached hydrogens (tertiary/aromatic N) is 1. The van der Waals surface area contributed by atoms with Gasteiger partial charge in [0.2, 0.25) is 0 Å². The van der Waals surface area contributed by atoms with Gasteiger partial charge in [-0.15, -0.1) is 0 Å². The molecule has 2 atom stereocenters. The highest BCUT2D eigenvalue weighted by molar-refractivity contribution is 5.99. The van der Waals surface area contributed by atoms with Gasteiger partial charge in [0.1, 0.15) is 6.10 Å². The number of aryl methyl sites for hydroxylation is 1. The second kappa shape index (κ2) is 13.1. The molecular formula is C32H39NO4. The van der Waals surface area contributed by atoms with Crippen LogP contribution in [-0.4, -0.2) is 59.3 Å². The molecule has 1 saturated heterocycles. The summed E-state index contributed by atoms with van der Waals surface area (Å²) in [6, 6.07) is 27.4. The largest absolute Gasteiger partial charge is 0.389 e. The zero-order chi connectivity index (χ0) is 26.1. The third-order valence-electron chi connectivity index (χ3n) is 7.26. The van der Waals surface area contributed by atoms with Crippen molar-refractivity contribution in [2.45, 2.75) is 56.8 Å². The molecule has 3 aromatic rings. The number of carbonyl (C=O) groups excluding carboxylic acids is 1. The topological polar surface area (TPSA) is 70.0 Å². The number of hydrogen-bond acceptors (Lipinski definition) is 5. The highest BCUT2D eigenvalue weighted by Crippen LogP contribution is 2.32. The van der Waals surface area contributed by atoms with Gasteiger partial charge in [-0.3, -0.25) is 4.79 Å². The maximum Gasteiger partial charge on any atom is 0.191 e. The molecule has 5 heteroatoms. The normalized spacial score (nSPS) is 17.3. The third kappa shape index (κ3) is 7.59. The molecule has 2 unspecified atom stereocenters. The average Bonchev–Trinajstić information content (AvgIpc) is 2.93. The summed E-state index contributed by atoms with van der Waals surface area (Å²) in [5.41, 5.74) is 3.06. The lowest BCUT2D eigenvalue weighted by Crippen LogP contribution is -2.46. The average molecular weight is 502 g/mol. The van der Waals surface area contributed by atoms with E-state index in [1.54, 1.807) is 0 Å². The SMILES string of the molecule is CCCc1cccc(CC(OCC(O)CN2CCC(O)(c3ccccc3)CC2)C(=O)c2ccccc2)c1. The minimum Gasteiger partial charge on any atom is -0.389 e. The van der Waals surface area contributed by atoms with Crippen molar-refractivity contribution < 1.29 is 19.7 Å². The monoisotopic (exact) mass is 501 g/mol. The van der Waals surface area contributed by atoms with Crippen LogP contribution < -0.4 is 0 Å². The summed E-state index contributed by atoms with van der Waals surface area (Å²) >= 11 is 0. The van der Waals surface area contributed by atoms with Gasteiger partial charge in [-0.1, -0.05) is 98.3 Å². The number of piperidine rings is 1. The highest BCUT2D eigenvalue weighted by Gasteiger charge is 2.34. The summed E-state index contributed by atoms with van der Waals surface area (Å²) in [6.07, 6.45) is 2.38. The molecule has 0 spiro atoms. The summed E-state index contributed by atoms with van der Waals surface area (Å²) in [7, 11) is 0. The van der Waals surface area contributed by atoms with Gasteiger partial charge in [-0.2, -0.15) is 0 Å². The summed E-state index contributed by atoms with van der Waals surface area (Å²) in [5, 5.41) is 21.9. The van der Waals surface area contributed by atoms with Crippen LogP contribution in [0.4, 0.5) is 0 Å². The number of rotatable bonds is 12. The molecule has 37 heavy (non-hydrogen) atoms. The van der Waals surface area contributed by atoms with E-state index in [-0.39, 0.29) is 12.4 Å². The fourth-order valence-corrected chi connectivity index (χ4v) is 5.15. The zero-order valence-corrected chi connectivity index (χ0v) is 21.8. The molecule has 0 amide bonds. The van der Waals surface area contributed by atoms with E-state index < -0.39 is 17.8 Å². The quantitative estimate of drug-likeness (QED) is 0.349. The lowest BCUT2D eigenvalue weighted by Gasteiger charge is -2.39. The second-order valence-electron chi connectivity index (χ2n) is 10.2. The summed E-state index contributed by atoms with van der Waals surface area (Å²) in [4.78, 5) is 15.5. The Morgan fingerprint density at radius 3 is 2.27 bits per heavy atom. The fourth-order valence-electron chi connectivity index (χ4n) is 5.15. The summed E-state index contributed by atoms with van der Waals surface area (Å²) in [6.45, 7) is 4.07. The molecule has 3 aromatic carbocycles. The van der Waals surface area contributed by atoms with E-state index >= 15 is 0 Å². The Hall–Kier alpha value is -2.83. The Labute approximate surface area is 220 Å². The maximum absolute atomic E-state index is 13.3. The predicted octanol–water partition coefficient (Wildman–Crippen LogP) is 4.79. The van der Waals surface area contributed by atoms with Gasteiger partial charge < -0.3 is 19.8 Å². The van der Waals surface area contributed by atoms with Crippen molar-refractivity contribution in [2.75, 3.05) is 26.2 Å². The molecule has 0 aromatic heterocycles. The molecule has 1 aliphatic heterocycles. The van der Waals surface area contributed by atoms with Crippen molar-refractivity contribution in [3.8, 4) is 0 Å². The molecule has 2 N–H and O–H groups in total. The van der Waals surface area contributed by atoms with Crippen LogP contribution in [0.15, 0.2) is 84.9 Å². The fraction of sp³-hybridized carbons (Fsp3) is 0.406. The predicted molar refractivity (Wildman–Crippen MR) is 147 cm³/mol. The standard InChI is InChI=1S/C32H39NO4/c1-2-10-25-11-9-12-26(21-25)22-30(31(35)27-13-5-3-6-14-27)37-24-29(34)23-33-19-17-32(36,18-20-33)28-15-7-4-8-16-28/h3-9,11-16,21,29-30,34,36H,2,10,17-20,22-24H2,1H3. The first-order valence-electron chi connectivity index (χ1n) is 13.4. The number of ether oxygens (including phenoxy) is 1. The Morgan fingerprint density at radius 2 is 1.59 bits per heavy atom. The van der Waals surface area contributed by atoms with Crippen LogP contribution in [0.2, 0.25) is 0 Å². The van der Waals surface area contributed by atoms with E-state index in [1.807, 2.05) is 72.8 Å². The van der Waals surface area contributed by atoms with Gasteiger partial charge in [0.15, 0.2) is 5.78 Å². The molecule has 196 valence electrons. The van der Waals surface area contributed by atoms with Crippen LogP contribution in [0.5, 0.6) is 0 Å². The van der Waals surface area contributed by atoms with Crippen LogP contribution in [0.1, 0.15) is 53.2 Å². The number of hydrogen-bond donors (Lipinski definition) is 2. The minimum atomic E-state index is -0.821. The number of likely N-dealkylation sites (tertiary alicyclic amines) is 1. The molecule has 0 bridgehead atoms. The van der Waals surface area contributed by atoms with Gasteiger partial charge in [-0.25, -0.2) is 0 Å².